The summed E-state index contributed by atoms with van der Waals surface area (Å²) in [4.78, 5) is 19.9. The highest BCUT2D eigenvalue weighted by Gasteiger charge is 2.29. The lowest BCUT2D eigenvalue weighted by Gasteiger charge is -2.43. The van der Waals surface area contributed by atoms with E-state index in [0.29, 0.717) is 0 Å². The third-order valence-electron chi connectivity index (χ3n) is 6.46. The van der Waals surface area contributed by atoms with Crippen molar-refractivity contribution in [2.75, 3.05) is 51.2 Å². The molecule has 2 saturated heterocycles. The summed E-state index contributed by atoms with van der Waals surface area (Å²) in [5, 5.41) is 1.37. The third-order valence-corrected chi connectivity index (χ3v) is 7.66. The van der Waals surface area contributed by atoms with Gasteiger partial charge in [0.05, 0.1) is 5.39 Å². The Bertz CT molecular complexity index is 780. The molecule has 1 unspecified atom stereocenters. The first-order valence-corrected chi connectivity index (χ1v) is 11.0. The van der Waals surface area contributed by atoms with Crippen LogP contribution in [0.3, 0.4) is 0 Å². The number of thiophene rings is 1. The molecule has 0 spiro atoms. The van der Waals surface area contributed by atoms with Crippen LogP contribution in [0.15, 0.2) is 6.33 Å². The van der Waals surface area contributed by atoms with Gasteiger partial charge in [0.15, 0.2) is 0 Å². The molecule has 0 saturated carbocycles. The molecule has 4 heterocycles. The fourth-order valence-corrected chi connectivity index (χ4v) is 6.27. The molecule has 2 aliphatic heterocycles. The first-order chi connectivity index (χ1) is 12.8. The predicted octanol–water partition coefficient (Wildman–Crippen LogP) is 2.79. The molecular formula is C20H29N5S. The number of piperazine rings is 1. The molecule has 1 atom stereocenters. The first kappa shape index (κ1) is 16.9. The summed E-state index contributed by atoms with van der Waals surface area (Å²) >= 11 is 1.91. The van der Waals surface area contributed by atoms with Gasteiger partial charge in [-0.15, -0.1) is 11.3 Å². The molecule has 140 valence electrons. The Hall–Kier alpha value is -1.24. The first-order valence-electron chi connectivity index (χ1n) is 10.2. The Kier molecular flexibility index (Phi) is 4.59. The van der Waals surface area contributed by atoms with Gasteiger partial charge < -0.3 is 9.80 Å². The fraction of sp³-hybridized carbons (Fsp3) is 0.700. The number of piperidine rings is 1. The number of nitrogens with zero attached hydrogens (tertiary/aromatic N) is 5. The molecule has 1 aliphatic carbocycles. The number of hydrogen-bond donors (Lipinski definition) is 0. The quantitative estimate of drug-likeness (QED) is 0.811. The van der Waals surface area contributed by atoms with Crippen LogP contribution in [0, 0.1) is 0 Å². The molecule has 0 aromatic carbocycles. The molecule has 5 nitrogen and oxygen atoms in total. The second-order valence-electron chi connectivity index (χ2n) is 8.17. The van der Waals surface area contributed by atoms with Crippen LogP contribution < -0.4 is 4.90 Å². The van der Waals surface area contributed by atoms with Gasteiger partial charge in [-0.1, -0.05) is 0 Å². The highest BCUT2D eigenvalue weighted by atomic mass is 32.1. The van der Waals surface area contributed by atoms with Gasteiger partial charge in [-0.2, -0.15) is 0 Å². The smallest absolute Gasteiger partial charge is 0.141 e. The highest BCUT2D eigenvalue weighted by molar-refractivity contribution is 7.19. The molecule has 3 aliphatic rings. The zero-order valence-electron chi connectivity index (χ0n) is 15.8. The fourth-order valence-electron chi connectivity index (χ4n) is 5.05. The van der Waals surface area contributed by atoms with Crippen LogP contribution in [0.2, 0.25) is 0 Å². The molecule has 2 aromatic heterocycles. The predicted molar refractivity (Wildman–Crippen MR) is 108 cm³/mol. The number of hydrogen-bond acceptors (Lipinski definition) is 6. The zero-order chi connectivity index (χ0) is 17.5. The number of anilines is 1. The lowest BCUT2D eigenvalue weighted by atomic mass is 9.97. The number of likely N-dealkylation sites (tertiary alicyclic amines) is 1. The summed E-state index contributed by atoms with van der Waals surface area (Å²) in [5.41, 5.74) is 1.56. The molecular weight excluding hydrogens is 342 g/mol. The van der Waals surface area contributed by atoms with Crippen LogP contribution in [0.25, 0.3) is 10.2 Å². The van der Waals surface area contributed by atoms with Crippen LogP contribution in [0.4, 0.5) is 5.82 Å². The monoisotopic (exact) mass is 371 g/mol. The van der Waals surface area contributed by atoms with E-state index < -0.39 is 0 Å². The lowest BCUT2D eigenvalue weighted by Crippen LogP contribution is -2.54. The van der Waals surface area contributed by atoms with E-state index in [1.165, 1.54) is 67.6 Å². The number of likely N-dealkylation sites (N-methyl/N-ethyl adjacent to an activating group) is 1. The van der Waals surface area contributed by atoms with Gasteiger partial charge in [-0.05, 0) is 57.7 Å². The van der Waals surface area contributed by atoms with Crippen molar-refractivity contribution in [1.29, 1.82) is 0 Å². The molecule has 0 radical (unpaired) electrons. The summed E-state index contributed by atoms with van der Waals surface area (Å²) < 4.78 is 0. The number of aromatic nitrogens is 2. The van der Waals surface area contributed by atoms with E-state index in [1.807, 2.05) is 11.3 Å². The van der Waals surface area contributed by atoms with E-state index in [1.54, 1.807) is 16.8 Å². The van der Waals surface area contributed by atoms with Gasteiger partial charge in [-0.3, -0.25) is 4.90 Å². The minimum absolute atomic E-state index is 0.746. The number of fused-ring (bicyclic) bond motifs is 3. The SMILES string of the molecule is CN1CCCC(N2CCN(c3ncnc4sc5c(c34)CCCC5)CC2)C1. The summed E-state index contributed by atoms with van der Waals surface area (Å²) in [7, 11) is 2.26. The van der Waals surface area contributed by atoms with Crippen molar-refractivity contribution in [1.82, 2.24) is 19.8 Å². The van der Waals surface area contributed by atoms with Gasteiger partial charge in [0, 0.05) is 43.6 Å². The van der Waals surface area contributed by atoms with E-state index >= 15 is 0 Å². The second kappa shape index (κ2) is 7.06. The Morgan fingerprint density at radius 2 is 1.85 bits per heavy atom. The van der Waals surface area contributed by atoms with Gasteiger partial charge in [-0.25, -0.2) is 9.97 Å². The molecule has 26 heavy (non-hydrogen) atoms. The standard InChI is InChI=1S/C20H29N5S/c1-23-8-4-5-15(13-23)24-9-11-25(12-10-24)19-18-16-6-2-3-7-17(16)26-20(18)22-14-21-19/h14-15H,2-13H2,1H3. The van der Waals surface area contributed by atoms with Crippen LogP contribution in [-0.2, 0) is 12.8 Å². The van der Waals surface area contributed by atoms with E-state index in [-0.39, 0.29) is 0 Å². The summed E-state index contributed by atoms with van der Waals surface area (Å²) in [6, 6.07) is 0.746. The average molecular weight is 372 g/mol. The van der Waals surface area contributed by atoms with Gasteiger partial charge in [0.2, 0.25) is 0 Å². The second-order valence-corrected chi connectivity index (χ2v) is 9.25. The molecule has 6 heteroatoms. The van der Waals surface area contributed by atoms with Gasteiger partial charge >= 0.3 is 0 Å². The molecule has 5 rings (SSSR count). The van der Waals surface area contributed by atoms with E-state index in [9.17, 15) is 0 Å². The minimum atomic E-state index is 0.746. The molecule has 0 N–H and O–H groups in total. The number of aryl methyl sites for hydroxylation is 2. The van der Waals surface area contributed by atoms with Gasteiger partial charge in [0.1, 0.15) is 17.0 Å². The van der Waals surface area contributed by atoms with Crippen LogP contribution in [-0.4, -0.2) is 72.1 Å². The maximum absolute atomic E-state index is 4.76. The van der Waals surface area contributed by atoms with Crippen molar-refractivity contribution in [2.24, 2.45) is 0 Å². The largest absolute Gasteiger partial charge is 0.353 e. The third kappa shape index (κ3) is 3.02. The Balaban J connectivity index is 1.36. The van der Waals surface area contributed by atoms with Gasteiger partial charge in [0.25, 0.3) is 0 Å². The van der Waals surface area contributed by atoms with E-state index in [2.05, 4.69) is 26.7 Å². The molecule has 0 bridgehead atoms. The maximum atomic E-state index is 4.76. The summed E-state index contributed by atoms with van der Waals surface area (Å²) in [5.74, 6) is 1.20. The van der Waals surface area contributed by atoms with Crippen molar-refractivity contribution in [3.8, 4) is 0 Å². The number of rotatable bonds is 2. The zero-order valence-corrected chi connectivity index (χ0v) is 16.6. The van der Waals surface area contributed by atoms with Crippen molar-refractivity contribution in [2.45, 2.75) is 44.6 Å². The Morgan fingerprint density at radius 1 is 1.00 bits per heavy atom. The average Bonchev–Trinajstić information content (AvgIpc) is 3.07. The maximum Gasteiger partial charge on any atom is 0.141 e. The lowest BCUT2D eigenvalue weighted by molar-refractivity contribution is 0.106. The van der Waals surface area contributed by atoms with Crippen molar-refractivity contribution < 1.29 is 0 Å². The van der Waals surface area contributed by atoms with Crippen molar-refractivity contribution in [3.63, 3.8) is 0 Å². The molecule has 0 amide bonds. The van der Waals surface area contributed by atoms with Crippen LogP contribution in [0.1, 0.15) is 36.1 Å². The van der Waals surface area contributed by atoms with Crippen LogP contribution in [0.5, 0.6) is 0 Å². The van der Waals surface area contributed by atoms with Crippen molar-refractivity contribution in [3.05, 3.63) is 16.8 Å². The molecule has 2 fully saturated rings. The molecule has 2 aromatic rings. The van der Waals surface area contributed by atoms with Crippen molar-refractivity contribution >= 4 is 27.4 Å². The van der Waals surface area contributed by atoms with Crippen LogP contribution >= 0.6 is 11.3 Å². The Labute approximate surface area is 160 Å². The topological polar surface area (TPSA) is 35.5 Å². The summed E-state index contributed by atoms with van der Waals surface area (Å²) in [6.45, 7) is 7.01. The normalized spacial score (nSPS) is 25.6. The van der Waals surface area contributed by atoms with E-state index in [0.717, 1.165) is 32.2 Å². The highest BCUT2D eigenvalue weighted by Crippen LogP contribution is 2.39. The Morgan fingerprint density at radius 3 is 2.69 bits per heavy atom. The van der Waals surface area contributed by atoms with E-state index in [4.69, 9.17) is 4.98 Å². The summed E-state index contributed by atoms with van der Waals surface area (Å²) in [6.07, 6.45) is 9.58. The minimum Gasteiger partial charge on any atom is -0.353 e.